The standard InChI is InChI=1S/C22H24N4O4/c1-22(15-10-11-15)20(29)26(21(30)24-22)13-19(28)25(2)12-18(27)23-17-9-5-7-14-6-3-4-8-16(14)17/h3-9,15H,10-13H2,1-2H3,(H,23,27)(H,24,30)/t22-/m0/s1. The van der Waals surface area contributed by atoms with Gasteiger partial charge in [0.1, 0.15) is 12.1 Å². The second-order valence-corrected chi connectivity index (χ2v) is 8.12. The Hall–Kier alpha value is -3.42. The van der Waals surface area contributed by atoms with Crippen molar-refractivity contribution in [3.63, 3.8) is 0 Å². The Balaban J connectivity index is 1.37. The summed E-state index contributed by atoms with van der Waals surface area (Å²) in [5, 5.41) is 7.44. The van der Waals surface area contributed by atoms with Crippen LogP contribution in [0.5, 0.6) is 0 Å². The van der Waals surface area contributed by atoms with Crippen LogP contribution in [0.2, 0.25) is 0 Å². The summed E-state index contributed by atoms with van der Waals surface area (Å²) >= 11 is 0. The number of carbonyl (C=O) groups excluding carboxylic acids is 4. The third-order valence-corrected chi connectivity index (χ3v) is 5.86. The molecule has 2 aliphatic rings. The highest BCUT2D eigenvalue weighted by Crippen LogP contribution is 2.42. The van der Waals surface area contributed by atoms with E-state index in [1.807, 2.05) is 36.4 Å². The summed E-state index contributed by atoms with van der Waals surface area (Å²) in [6.45, 7) is 1.13. The maximum absolute atomic E-state index is 12.7. The van der Waals surface area contributed by atoms with Crippen LogP contribution in [0.3, 0.4) is 0 Å². The van der Waals surface area contributed by atoms with E-state index in [4.69, 9.17) is 0 Å². The highest BCUT2D eigenvalue weighted by atomic mass is 16.2. The summed E-state index contributed by atoms with van der Waals surface area (Å²) in [6.07, 6.45) is 1.77. The third-order valence-electron chi connectivity index (χ3n) is 5.86. The van der Waals surface area contributed by atoms with Gasteiger partial charge in [0.25, 0.3) is 5.91 Å². The Morgan fingerprint density at radius 1 is 1.17 bits per heavy atom. The topological polar surface area (TPSA) is 98.8 Å². The molecule has 2 fully saturated rings. The number of nitrogens with one attached hydrogen (secondary N) is 2. The molecule has 1 atom stereocenters. The van der Waals surface area contributed by atoms with Crippen LogP contribution in [0.1, 0.15) is 19.8 Å². The first kappa shape index (κ1) is 19.9. The normalized spacial score (nSPS) is 20.9. The van der Waals surface area contributed by atoms with Gasteiger partial charge in [-0.05, 0) is 37.1 Å². The minimum atomic E-state index is -0.929. The van der Waals surface area contributed by atoms with Gasteiger partial charge in [-0.15, -0.1) is 0 Å². The summed E-state index contributed by atoms with van der Waals surface area (Å²) < 4.78 is 0. The number of anilines is 1. The van der Waals surface area contributed by atoms with E-state index in [2.05, 4.69) is 10.6 Å². The molecule has 1 aliphatic carbocycles. The number of urea groups is 1. The number of likely N-dealkylation sites (N-methyl/N-ethyl adjacent to an activating group) is 1. The molecule has 1 heterocycles. The molecule has 156 valence electrons. The van der Waals surface area contributed by atoms with Crippen LogP contribution < -0.4 is 10.6 Å². The molecule has 1 saturated carbocycles. The highest BCUT2D eigenvalue weighted by molar-refractivity contribution is 6.09. The van der Waals surface area contributed by atoms with E-state index in [-0.39, 0.29) is 30.8 Å². The lowest BCUT2D eigenvalue weighted by atomic mass is 9.96. The van der Waals surface area contributed by atoms with Gasteiger partial charge < -0.3 is 15.5 Å². The van der Waals surface area contributed by atoms with Crippen molar-refractivity contribution >= 4 is 40.2 Å². The SMILES string of the molecule is CN(CC(=O)Nc1cccc2ccccc12)C(=O)CN1C(=O)N[C@@](C)(C2CC2)C1=O. The van der Waals surface area contributed by atoms with Gasteiger partial charge in [0, 0.05) is 18.1 Å². The highest BCUT2D eigenvalue weighted by Gasteiger charge is 2.56. The number of hydrogen-bond acceptors (Lipinski definition) is 4. The maximum Gasteiger partial charge on any atom is 0.325 e. The smallest absolute Gasteiger partial charge is 0.325 e. The predicted octanol–water partition coefficient (Wildman–Crippen LogP) is 1.96. The van der Waals surface area contributed by atoms with E-state index >= 15 is 0 Å². The Kier molecular flexibility index (Phi) is 4.93. The van der Waals surface area contributed by atoms with E-state index < -0.39 is 17.5 Å². The van der Waals surface area contributed by atoms with Crippen LogP contribution in [0.4, 0.5) is 10.5 Å². The summed E-state index contributed by atoms with van der Waals surface area (Å²) in [5.41, 5.74) is -0.268. The molecule has 0 radical (unpaired) electrons. The Morgan fingerprint density at radius 3 is 2.60 bits per heavy atom. The summed E-state index contributed by atoms with van der Waals surface area (Å²) in [4.78, 5) is 52.1. The summed E-state index contributed by atoms with van der Waals surface area (Å²) in [7, 11) is 1.48. The Bertz CT molecular complexity index is 1040. The third kappa shape index (κ3) is 3.60. The maximum atomic E-state index is 12.7. The average Bonchev–Trinajstić information content (AvgIpc) is 3.54. The van der Waals surface area contributed by atoms with Gasteiger partial charge in [-0.25, -0.2) is 4.79 Å². The number of imide groups is 1. The Labute approximate surface area is 174 Å². The van der Waals surface area contributed by atoms with Crippen molar-refractivity contribution in [3.8, 4) is 0 Å². The van der Waals surface area contributed by atoms with Crippen LogP contribution in [0.15, 0.2) is 42.5 Å². The van der Waals surface area contributed by atoms with E-state index in [1.165, 1.54) is 11.9 Å². The van der Waals surface area contributed by atoms with E-state index in [9.17, 15) is 19.2 Å². The van der Waals surface area contributed by atoms with Crippen molar-refractivity contribution in [2.24, 2.45) is 5.92 Å². The fourth-order valence-corrected chi connectivity index (χ4v) is 3.88. The van der Waals surface area contributed by atoms with Crippen molar-refractivity contribution in [1.82, 2.24) is 15.1 Å². The molecule has 0 spiro atoms. The lowest BCUT2D eigenvalue weighted by Crippen LogP contribution is -2.47. The first-order valence-electron chi connectivity index (χ1n) is 9.95. The second kappa shape index (κ2) is 7.44. The molecule has 1 aliphatic heterocycles. The van der Waals surface area contributed by atoms with Gasteiger partial charge in [-0.2, -0.15) is 0 Å². The van der Waals surface area contributed by atoms with Crippen LogP contribution in [-0.2, 0) is 14.4 Å². The number of amides is 5. The first-order chi connectivity index (χ1) is 14.3. The molecular formula is C22H24N4O4. The minimum absolute atomic E-state index is 0.123. The molecule has 2 N–H and O–H groups in total. The van der Waals surface area contributed by atoms with Crippen molar-refractivity contribution in [2.75, 3.05) is 25.5 Å². The molecule has 8 heteroatoms. The summed E-state index contributed by atoms with van der Waals surface area (Å²) in [6, 6.07) is 12.7. The van der Waals surface area contributed by atoms with Gasteiger partial charge in [0.15, 0.2) is 0 Å². The van der Waals surface area contributed by atoms with Gasteiger partial charge in [-0.3, -0.25) is 19.3 Å². The summed E-state index contributed by atoms with van der Waals surface area (Å²) in [5.74, 6) is -1.09. The first-order valence-corrected chi connectivity index (χ1v) is 9.95. The van der Waals surface area contributed by atoms with Crippen molar-refractivity contribution in [3.05, 3.63) is 42.5 Å². The molecular weight excluding hydrogens is 384 g/mol. The van der Waals surface area contributed by atoms with Gasteiger partial charge in [0.05, 0.1) is 6.54 Å². The van der Waals surface area contributed by atoms with Crippen molar-refractivity contribution < 1.29 is 19.2 Å². The average molecular weight is 408 g/mol. The van der Waals surface area contributed by atoms with E-state index in [1.54, 1.807) is 13.0 Å². The number of benzene rings is 2. The zero-order valence-electron chi connectivity index (χ0n) is 17.0. The van der Waals surface area contributed by atoms with Gasteiger partial charge >= 0.3 is 6.03 Å². The van der Waals surface area contributed by atoms with E-state index in [0.29, 0.717) is 5.69 Å². The number of hydrogen-bond donors (Lipinski definition) is 2. The molecule has 8 nitrogen and oxygen atoms in total. The fraction of sp³-hybridized carbons (Fsp3) is 0.364. The monoisotopic (exact) mass is 408 g/mol. The predicted molar refractivity (Wildman–Crippen MR) is 112 cm³/mol. The van der Waals surface area contributed by atoms with Crippen molar-refractivity contribution in [1.29, 1.82) is 0 Å². The van der Waals surface area contributed by atoms with Gasteiger partial charge in [-0.1, -0.05) is 36.4 Å². The van der Waals surface area contributed by atoms with Crippen LogP contribution in [0.25, 0.3) is 10.8 Å². The van der Waals surface area contributed by atoms with Crippen LogP contribution >= 0.6 is 0 Å². The quantitative estimate of drug-likeness (QED) is 0.714. The molecule has 2 aromatic carbocycles. The molecule has 0 bridgehead atoms. The molecule has 30 heavy (non-hydrogen) atoms. The molecule has 0 unspecified atom stereocenters. The number of carbonyl (C=O) groups is 4. The fourth-order valence-electron chi connectivity index (χ4n) is 3.88. The number of fused-ring (bicyclic) bond motifs is 1. The van der Waals surface area contributed by atoms with Crippen molar-refractivity contribution in [2.45, 2.75) is 25.3 Å². The number of rotatable bonds is 6. The largest absolute Gasteiger partial charge is 0.335 e. The molecule has 0 aromatic heterocycles. The molecule has 4 rings (SSSR count). The van der Waals surface area contributed by atoms with E-state index in [0.717, 1.165) is 28.5 Å². The lowest BCUT2D eigenvalue weighted by Gasteiger charge is -2.22. The van der Waals surface area contributed by atoms with Crippen LogP contribution in [0, 0.1) is 5.92 Å². The minimum Gasteiger partial charge on any atom is -0.335 e. The number of nitrogens with zero attached hydrogens (tertiary/aromatic N) is 2. The van der Waals surface area contributed by atoms with Crippen LogP contribution in [-0.4, -0.2) is 59.2 Å². The molecule has 1 saturated heterocycles. The molecule has 5 amide bonds. The van der Waals surface area contributed by atoms with Gasteiger partial charge in [0.2, 0.25) is 11.8 Å². The zero-order valence-corrected chi connectivity index (χ0v) is 17.0. The lowest BCUT2D eigenvalue weighted by molar-refractivity contribution is -0.139. The zero-order chi connectivity index (χ0) is 21.5. The second-order valence-electron chi connectivity index (χ2n) is 8.12. The Morgan fingerprint density at radius 2 is 1.87 bits per heavy atom. The molecule has 2 aromatic rings.